The van der Waals surface area contributed by atoms with E-state index in [1.165, 1.54) is 21.3 Å². The summed E-state index contributed by atoms with van der Waals surface area (Å²) in [5.41, 5.74) is 6.61. The maximum atomic E-state index is 6.55. The first kappa shape index (κ1) is 34.4. The minimum absolute atomic E-state index is 0.272. The molecule has 4 aromatic carbocycles. The minimum Gasteiger partial charge on any atom is -0.485 e. The van der Waals surface area contributed by atoms with Gasteiger partial charge in [0.1, 0.15) is 19.8 Å². The second kappa shape index (κ2) is 15.1. The summed E-state index contributed by atoms with van der Waals surface area (Å²) in [6.07, 6.45) is 2.22. The molecule has 0 aromatic heterocycles. The Balaban J connectivity index is 1.27. The molecule has 3 aliphatic rings. The van der Waals surface area contributed by atoms with Gasteiger partial charge in [-0.15, -0.1) is 0 Å². The van der Waals surface area contributed by atoms with Crippen LogP contribution < -0.4 is 42.6 Å². The van der Waals surface area contributed by atoms with Crippen LogP contribution in [0.25, 0.3) is 0 Å². The van der Waals surface area contributed by atoms with Gasteiger partial charge in [0, 0.05) is 21.3 Å². The molecule has 0 spiro atoms. The van der Waals surface area contributed by atoms with E-state index < -0.39 is 19.4 Å². The van der Waals surface area contributed by atoms with E-state index in [0.29, 0.717) is 51.7 Å². The summed E-state index contributed by atoms with van der Waals surface area (Å²) in [6.45, 7) is 4.76. The van der Waals surface area contributed by atoms with Gasteiger partial charge in [-0.1, -0.05) is 39.0 Å². The maximum absolute atomic E-state index is 6.55. The highest BCUT2D eigenvalue weighted by atomic mass is 16.9. The summed E-state index contributed by atoms with van der Waals surface area (Å²) in [4.78, 5) is 0. The van der Waals surface area contributed by atoms with Gasteiger partial charge in [-0.25, -0.2) is 0 Å². The fraction of sp³-hybridized carbons (Fsp3) is 0.385. The molecule has 3 unspecified atom stereocenters. The summed E-state index contributed by atoms with van der Waals surface area (Å²) < 4.78 is 70.3. The third-order valence-corrected chi connectivity index (χ3v) is 9.08. The molecule has 0 aliphatic carbocycles. The first-order chi connectivity index (χ1) is 25.0. The number of benzene rings is 4. The normalized spacial score (nSPS) is 17.9. The van der Waals surface area contributed by atoms with Crippen molar-refractivity contribution in [2.24, 2.45) is 0 Å². The highest BCUT2D eigenvalue weighted by molar-refractivity contribution is 5.57. The molecule has 0 fully saturated rings. The van der Waals surface area contributed by atoms with Crippen molar-refractivity contribution in [1.82, 2.24) is 0 Å². The lowest BCUT2D eigenvalue weighted by Crippen LogP contribution is -2.20. The summed E-state index contributed by atoms with van der Waals surface area (Å²) >= 11 is 0. The van der Waals surface area contributed by atoms with Crippen LogP contribution in [0.2, 0.25) is 0 Å². The Morgan fingerprint density at radius 3 is 0.961 bits per heavy atom. The highest BCUT2D eigenvalue weighted by Crippen LogP contribution is 2.46. The number of hydrogen-bond donors (Lipinski definition) is 0. The van der Waals surface area contributed by atoms with Crippen LogP contribution in [0, 0.1) is 0 Å². The first-order valence-electron chi connectivity index (χ1n) is 17.0. The Bertz CT molecular complexity index is 1640. The molecule has 3 aliphatic heterocycles. The van der Waals surface area contributed by atoms with Crippen molar-refractivity contribution in [3.05, 3.63) is 88.0 Å². The average molecular weight is 703 g/mol. The summed E-state index contributed by atoms with van der Waals surface area (Å²) in [6, 6.07) is 16.7. The summed E-state index contributed by atoms with van der Waals surface area (Å²) in [5, 5.41) is 0. The van der Waals surface area contributed by atoms with E-state index in [1.54, 1.807) is 0 Å². The van der Waals surface area contributed by atoms with E-state index in [0.717, 1.165) is 52.6 Å². The van der Waals surface area contributed by atoms with E-state index in [-0.39, 0.29) is 19.8 Å². The van der Waals surface area contributed by atoms with Crippen LogP contribution in [-0.4, -0.2) is 40.8 Å². The monoisotopic (exact) mass is 702 g/mol. The molecule has 4 aromatic rings. The van der Waals surface area contributed by atoms with Crippen molar-refractivity contribution in [2.45, 2.75) is 79.3 Å². The van der Waals surface area contributed by atoms with Crippen LogP contribution in [0.4, 0.5) is 0 Å². The van der Waals surface area contributed by atoms with Crippen LogP contribution >= 0.6 is 0 Å². The Kier molecular flexibility index (Phi) is 10.2. The van der Waals surface area contributed by atoms with Gasteiger partial charge in [-0.05, 0) is 89.0 Å². The average Bonchev–Trinajstić information content (AvgIpc) is 3.91. The number of para-hydroxylation sites is 3. The van der Waals surface area contributed by atoms with Crippen LogP contribution in [0.1, 0.15) is 54.2 Å². The topological polar surface area (TPSA) is 111 Å². The molecule has 0 saturated carbocycles. The van der Waals surface area contributed by atoms with E-state index in [1.807, 2.05) is 54.6 Å². The third kappa shape index (κ3) is 6.62. The first-order valence-corrected chi connectivity index (χ1v) is 17.0. The Morgan fingerprint density at radius 2 is 0.706 bits per heavy atom. The zero-order chi connectivity index (χ0) is 35.5. The second-order valence-electron chi connectivity index (χ2n) is 11.8. The van der Waals surface area contributed by atoms with Gasteiger partial charge in [0.2, 0.25) is 17.2 Å². The van der Waals surface area contributed by atoms with E-state index >= 15 is 0 Å². The number of fused-ring (bicyclic) bond motifs is 3. The lowest BCUT2D eigenvalue weighted by molar-refractivity contribution is -0.158. The third-order valence-electron chi connectivity index (χ3n) is 9.08. The molecule has 0 radical (unpaired) electrons. The molecule has 0 saturated heterocycles. The number of hydrogen-bond acceptors (Lipinski definition) is 12. The van der Waals surface area contributed by atoms with Crippen molar-refractivity contribution in [1.29, 1.82) is 0 Å². The number of methoxy groups -OCH3 is 3. The quantitative estimate of drug-likeness (QED) is 0.125. The van der Waals surface area contributed by atoms with Gasteiger partial charge in [0.15, 0.2) is 34.5 Å². The standard InChI is InChI=1S/C39H42O12/c1-7-22-25(19-43-28-13-10-16-31-34(28)49-37(40-4)46-31)23(8-2)27(21-45-30-15-12-18-33-36(30)51-39(42-6)48-33)24(9-3)26(22)20-44-29-14-11-17-32-35(29)50-38(41-5)47-32/h10-18,37-39H,7-9,19-21H2,1-6H3. The Morgan fingerprint density at radius 1 is 0.412 bits per heavy atom. The molecular weight excluding hydrogens is 660 g/mol. The van der Waals surface area contributed by atoms with Crippen molar-refractivity contribution in [3.63, 3.8) is 0 Å². The number of rotatable bonds is 15. The molecule has 12 nitrogen and oxygen atoms in total. The SMILES string of the molecule is CCc1c(COc2cccc3c2OC(OC)O3)c(CC)c(COc2cccc3c2OC(OC)O3)c(CC)c1COc1cccc2c1OC(OC)O2. The Labute approximate surface area is 296 Å². The minimum atomic E-state index is -0.834. The molecule has 0 bridgehead atoms. The van der Waals surface area contributed by atoms with Crippen molar-refractivity contribution in [3.8, 4) is 51.7 Å². The van der Waals surface area contributed by atoms with Crippen molar-refractivity contribution >= 4 is 0 Å². The molecule has 3 atom stereocenters. The van der Waals surface area contributed by atoms with Crippen LogP contribution in [-0.2, 0) is 53.3 Å². The van der Waals surface area contributed by atoms with Gasteiger partial charge in [0.25, 0.3) is 0 Å². The zero-order valence-corrected chi connectivity index (χ0v) is 29.6. The lowest BCUT2D eigenvalue weighted by Gasteiger charge is -2.26. The summed E-state index contributed by atoms with van der Waals surface area (Å²) in [5.74, 6) is 4.85. The molecule has 0 N–H and O–H groups in total. The largest absolute Gasteiger partial charge is 0.485 e. The van der Waals surface area contributed by atoms with Crippen molar-refractivity contribution < 1.29 is 56.8 Å². The van der Waals surface area contributed by atoms with Gasteiger partial charge in [0.05, 0.1) is 0 Å². The second-order valence-corrected chi connectivity index (χ2v) is 11.8. The smallest absolute Gasteiger partial charge is 0.361 e. The van der Waals surface area contributed by atoms with Crippen molar-refractivity contribution in [2.75, 3.05) is 21.3 Å². The van der Waals surface area contributed by atoms with Crippen LogP contribution in [0.5, 0.6) is 51.7 Å². The zero-order valence-electron chi connectivity index (χ0n) is 29.6. The predicted octanol–water partition coefficient (Wildman–Crippen LogP) is 7.21. The molecule has 7 rings (SSSR count). The van der Waals surface area contributed by atoms with E-state index in [4.69, 9.17) is 56.8 Å². The Hall–Kier alpha value is -5.04. The van der Waals surface area contributed by atoms with E-state index in [2.05, 4.69) is 20.8 Å². The van der Waals surface area contributed by atoms with Gasteiger partial charge < -0.3 is 56.8 Å². The molecule has 270 valence electrons. The van der Waals surface area contributed by atoms with Crippen LogP contribution in [0.3, 0.4) is 0 Å². The molecule has 51 heavy (non-hydrogen) atoms. The maximum Gasteiger partial charge on any atom is 0.361 e. The van der Waals surface area contributed by atoms with E-state index in [9.17, 15) is 0 Å². The van der Waals surface area contributed by atoms with Crippen LogP contribution in [0.15, 0.2) is 54.6 Å². The summed E-state index contributed by atoms with van der Waals surface area (Å²) in [7, 11) is 4.58. The fourth-order valence-electron chi connectivity index (χ4n) is 6.76. The van der Waals surface area contributed by atoms with Gasteiger partial charge >= 0.3 is 19.4 Å². The highest BCUT2D eigenvalue weighted by Gasteiger charge is 2.31. The van der Waals surface area contributed by atoms with Gasteiger partial charge in [-0.3, -0.25) is 0 Å². The molecule has 3 heterocycles. The van der Waals surface area contributed by atoms with Gasteiger partial charge in [-0.2, -0.15) is 0 Å². The lowest BCUT2D eigenvalue weighted by atomic mass is 9.84. The predicted molar refractivity (Wildman–Crippen MR) is 183 cm³/mol. The molecular formula is C39H42O12. The fourth-order valence-corrected chi connectivity index (χ4v) is 6.76. The number of ether oxygens (including phenoxy) is 12. The molecule has 12 heteroatoms. The molecule has 0 amide bonds.